The molecule has 0 spiro atoms. The molecule has 0 heterocycles. The normalized spacial score (nSPS) is 14.3. The highest BCUT2D eigenvalue weighted by Gasteiger charge is 2.03. The molecule has 0 fully saturated rings. The van der Waals surface area contributed by atoms with Crippen molar-refractivity contribution in [1.82, 2.24) is 10.2 Å². The van der Waals surface area contributed by atoms with E-state index < -0.39 is 0 Å². The molecule has 3 heteroatoms. The number of nitrogens with zero attached hydrogens (tertiary/aromatic N) is 2. The number of rotatable bonds is 5. The minimum atomic E-state index is 0.408. The largest absolute Gasteiger partial charge is 0.361 e. The van der Waals surface area contributed by atoms with Gasteiger partial charge in [0.25, 0.3) is 0 Å². The predicted molar refractivity (Wildman–Crippen MR) is 49.9 cm³/mol. The molecule has 0 aliphatic rings. The molecule has 0 aromatic rings. The first-order chi connectivity index (χ1) is 5.22. The Bertz CT molecular complexity index is 110. The maximum atomic E-state index is 4.08. The van der Waals surface area contributed by atoms with Crippen LogP contribution in [0.2, 0.25) is 0 Å². The molecule has 0 radical (unpaired) electrons. The molecule has 0 bridgehead atoms. The van der Waals surface area contributed by atoms with Crippen LogP contribution >= 0.6 is 0 Å². The zero-order chi connectivity index (χ0) is 8.69. The lowest BCUT2D eigenvalue weighted by Gasteiger charge is -2.22. The fraction of sp³-hybridized carbons (Fsp3) is 0.875. The summed E-state index contributed by atoms with van der Waals surface area (Å²) in [6.07, 6.45) is 3.28. The standard InChI is InChI=1S/C8H19N3/c1-5-8(11(3)4)10-7-9-6-2/h7-8H,5-6H2,1-4H3,(H,9,10). The maximum absolute atomic E-state index is 4.08. The molecule has 0 aromatic heterocycles. The molecule has 0 aliphatic heterocycles. The summed E-state index contributed by atoms with van der Waals surface area (Å²) in [6, 6.07) is 0. The molecule has 1 unspecified atom stereocenters. The van der Waals surface area contributed by atoms with E-state index in [1.165, 1.54) is 0 Å². The highest BCUT2D eigenvalue weighted by Crippen LogP contribution is 1.91. The third-order valence-electron chi connectivity index (χ3n) is 1.55. The maximum Gasteiger partial charge on any atom is 0.0835 e. The summed E-state index contributed by atoms with van der Waals surface area (Å²) in [5.41, 5.74) is 0. The van der Waals surface area contributed by atoms with Crippen LogP contribution in [0.15, 0.2) is 4.99 Å². The Balaban J connectivity index is 3.60. The van der Waals surface area contributed by atoms with Crippen LogP contribution in [0.25, 0.3) is 0 Å². The average molecular weight is 157 g/mol. The van der Waals surface area contributed by atoms with Gasteiger partial charge in [-0.05, 0) is 27.4 Å². The fourth-order valence-corrected chi connectivity index (χ4v) is 0.862. The molecular formula is C8H19N3. The molecule has 0 amide bonds. The van der Waals surface area contributed by atoms with Crippen LogP contribution in [0, 0.1) is 0 Å². The van der Waals surface area contributed by atoms with E-state index in [1.807, 2.05) is 6.92 Å². The molecule has 0 saturated carbocycles. The lowest BCUT2D eigenvalue weighted by atomic mass is 10.3. The number of nitrogens with one attached hydrogen (secondary N) is 1. The Labute approximate surface area is 69.5 Å². The van der Waals surface area contributed by atoms with Crippen LogP contribution in [0.1, 0.15) is 20.3 Å². The van der Waals surface area contributed by atoms with Crippen LogP contribution in [-0.2, 0) is 0 Å². The average Bonchev–Trinajstić information content (AvgIpc) is 1.97. The minimum absolute atomic E-state index is 0.408. The summed E-state index contributed by atoms with van der Waals surface area (Å²) in [4.78, 5) is 6.22. The van der Waals surface area contributed by atoms with E-state index in [-0.39, 0.29) is 0 Å². The van der Waals surface area contributed by atoms with E-state index in [9.17, 15) is 0 Å². The van der Waals surface area contributed by atoms with Crippen molar-refractivity contribution in [1.29, 1.82) is 0 Å². The van der Waals surface area contributed by atoms with Gasteiger partial charge >= 0.3 is 0 Å². The number of aliphatic imine (C=N–C) groups is 1. The zero-order valence-corrected chi connectivity index (χ0v) is 7.96. The molecule has 0 aromatic carbocycles. The topological polar surface area (TPSA) is 27.6 Å². The Morgan fingerprint density at radius 2 is 2.09 bits per heavy atom. The minimum Gasteiger partial charge on any atom is -0.361 e. The second-order valence-corrected chi connectivity index (χ2v) is 2.68. The molecule has 11 heavy (non-hydrogen) atoms. The van der Waals surface area contributed by atoms with Gasteiger partial charge in [0.05, 0.1) is 12.5 Å². The molecule has 66 valence electrons. The van der Waals surface area contributed by atoms with Crippen molar-refractivity contribution in [2.45, 2.75) is 26.4 Å². The summed E-state index contributed by atoms with van der Waals surface area (Å²) in [5.74, 6) is 0. The second kappa shape index (κ2) is 6.16. The summed E-state index contributed by atoms with van der Waals surface area (Å²) in [6.45, 7) is 5.02. The van der Waals surface area contributed by atoms with Gasteiger partial charge in [0.1, 0.15) is 0 Å². The van der Waals surface area contributed by atoms with Gasteiger partial charge in [0.15, 0.2) is 0 Å². The quantitative estimate of drug-likeness (QED) is 0.365. The van der Waals surface area contributed by atoms with Crippen molar-refractivity contribution >= 4 is 6.34 Å². The lowest BCUT2D eigenvalue weighted by molar-refractivity contribution is 0.270. The van der Waals surface area contributed by atoms with Gasteiger partial charge < -0.3 is 5.32 Å². The Kier molecular flexibility index (Phi) is 5.84. The summed E-state index contributed by atoms with van der Waals surface area (Å²) >= 11 is 0. The summed E-state index contributed by atoms with van der Waals surface area (Å²) in [5, 5.41) is 3.20. The molecule has 3 nitrogen and oxygen atoms in total. The van der Waals surface area contributed by atoms with Crippen LogP contribution in [0.5, 0.6) is 0 Å². The van der Waals surface area contributed by atoms with E-state index in [0.717, 1.165) is 13.0 Å². The first-order valence-electron chi connectivity index (χ1n) is 4.13. The van der Waals surface area contributed by atoms with Gasteiger partial charge in [0.2, 0.25) is 0 Å². The van der Waals surface area contributed by atoms with Gasteiger partial charge in [0, 0.05) is 6.54 Å². The van der Waals surface area contributed by atoms with Gasteiger partial charge in [-0.25, -0.2) is 0 Å². The van der Waals surface area contributed by atoms with Crippen molar-refractivity contribution in [3.63, 3.8) is 0 Å². The Morgan fingerprint density at radius 3 is 2.45 bits per heavy atom. The number of hydrogen-bond acceptors (Lipinski definition) is 2. The highest BCUT2D eigenvalue weighted by molar-refractivity contribution is 5.54. The van der Waals surface area contributed by atoms with Gasteiger partial charge in [-0.1, -0.05) is 6.92 Å². The fourth-order valence-electron chi connectivity index (χ4n) is 0.862. The van der Waals surface area contributed by atoms with Crippen molar-refractivity contribution in [2.24, 2.45) is 4.99 Å². The Morgan fingerprint density at radius 1 is 1.45 bits per heavy atom. The first kappa shape index (κ1) is 10.4. The summed E-state index contributed by atoms with van der Waals surface area (Å²) in [7, 11) is 4.11. The van der Waals surface area contributed by atoms with Gasteiger partial charge in [-0.15, -0.1) is 0 Å². The second-order valence-electron chi connectivity index (χ2n) is 2.68. The van der Waals surface area contributed by atoms with Crippen molar-refractivity contribution in [3.8, 4) is 0 Å². The molecule has 0 aliphatic carbocycles. The van der Waals surface area contributed by atoms with E-state index in [2.05, 4.69) is 36.2 Å². The highest BCUT2D eigenvalue weighted by atomic mass is 15.2. The molecule has 1 atom stereocenters. The Hall–Kier alpha value is -0.570. The number of hydrogen-bond donors (Lipinski definition) is 1. The van der Waals surface area contributed by atoms with E-state index in [4.69, 9.17) is 0 Å². The van der Waals surface area contributed by atoms with Gasteiger partial charge in [-0.2, -0.15) is 0 Å². The van der Waals surface area contributed by atoms with Crippen molar-refractivity contribution < 1.29 is 0 Å². The van der Waals surface area contributed by atoms with Crippen LogP contribution < -0.4 is 5.32 Å². The third kappa shape index (κ3) is 4.79. The molecule has 0 rings (SSSR count). The molecule has 0 saturated heterocycles. The zero-order valence-electron chi connectivity index (χ0n) is 7.96. The monoisotopic (exact) mass is 157 g/mol. The van der Waals surface area contributed by atoms with Crippen LogP contribution in [0.4, 0.5) is 0 Å². The first-order valence-corrected chi connectivity index (χ1v) is 4.13. The molecular weight excluding hydrogens is 138 g/mol. The van der Waals surface area contributed by atoms with Crippen LogP contribution in [-0.4, -0.2) is 38.0 Å². The van der Waals surface area contributed by atoms with E-state index in [1.54, 1.807) is 6.34 Å². The summed E-state index contributed by atoms with van der Waals surface area (Å²) < 4.78 is 0. The predicted octanol–water partition coefficient (Wildman–Crippen LogP) is 0.922. The lowest BCUT2D eigenvalue weighted by Crippen LogP contribution is -2.40. The van der Waals surface area contributed by atoms with Gasteiger partial charge in [-0.3, -0.25) is 9.89 Å². The third-order valence-corrected chi connectivity index (χ3v) is 1.55. The smallest absolute Gasteiger partial charge is 0.0835 e. The van der Waals surface area contributed by atoms with Crippen molar-refractivity contribution in [2.75, 3.05) is 20.6 Å². The molecule has 1 N–H and O–H groups in total. The SMILES string of the molecule is CCN=CNC(CC)N(C)C. The van der Waals surface area contributed by atoms with Crippen molar-refractivity contribution in [3.05, 3.63) is 0 Å². The van der Waals surface area contributed by atoms with E-state index >= 15 is 0 Å². The van der Waals surface area contributed by atoms with Crippen LogP contribution in [0.3, 0.4) is 0 Å². The van der Waals surface area contributed by atoms with E-state index in [0.29, 0.717) is 6.17 Å².